The SMILES string of the molecule is Cc1cccc(OCc2nc(CC(=O)O)c(C)[nH]2)c1C. The average molecular weight is 274 g/mol. The number of rotatable bonds is 5. The van der Waals surface area contributed by atoms with Crippen molar-refractivity contribution < 1.29 is 14.6 Å². The first-order valence-electron chi connectivity index (χ1n) is 6.42. The van der Waals surface area contributed by atoms with Crippen LogP contribution in [0.15, 0.2) is 18.2 Å². The van der Waals surface area contributed by atoms with E-state index in [1.54, 1.807) is 0 Å². The van der Waals surface area contributed by atoms with Gasteiger partial charge in [0.1, 0.15) is 18.2 Å². The van der Waals surface area contributed by atoms with E-state index in [-0.39, 0.29) is 6.42 Å². The van der Waals surface area contributed by atoms with Crippen LogP contribution in [0, 0.1) is 20.8 Å². The average Bonchev–Trinajstić information content (AvgIpc) is 2.71. The number of hydrogen-bond acceptors (Lipinski definition) is 3. The van der Waals surface area contributed by atoms with E-state index in [9.17, 15) is 4.79 Å². The van der Waals surface area contributed by atoms with Gasteiger partial charge in [-0.3, -0.25) is 4.79 Å². The van der Waals surface area contributed by atoms with Crippen molar-refractivity contribution in [3.63, 3.8) is 0 Å². The minimum atomic E-state index is -0.887. The van der Waals surface area contributed by atoms with Crippen LogP contribution in [0.2, 0.25) is 0 Å². The van der Waals surface area contributed by atoms with Crippen LogP contribution in [0.5, 0.6) is 5.75 Å². The molecule has 1 aromatic carbocycles. The van der Waals surface area contributed by atoms with E-state index in [1.165, 1.54) is 5.56 Å². The Kier molecular flexibility index (Phi) is 4.08. The van der Waals surface area contributed by atoms with Gasteiger partial charge in [0.05, 0.1) is 12.1 Å². The predicted octanol–water partition coefficient (Wildman–Crippen LogP) is 2.54. The zero-order chi connectivity index (χ0) is 14.7. The molecule has 0 bridgehead atoms. The number of nitrogens with one attached hydrogen (secondary N) is 1. The lowest BCUT2D eigenvalue weighted by Gasteiger charge is -2.09. The standard InChI is InChI=1S/C15H18N2O3/c1-9-5-4-6-13(10(9)2)20-8-14-16-11(3)12(17-14)7-15(18)19/h4-6H,7-8H2,1-3H3,(H,16,17)(H,18,19). The highest BCUT2D eigenvalue weighted by molar-refractivity contribution is 5.69. The highest BCUT2D eigenvalue weighted by Gasteiger charge is 2.11. The topological polar surface area (TPSA) is 75.2 Å². The van der Waals surface area contributed by atoms with E-state index in [0.29, 0.717) is 18.1 Å². The van der Waals surface area contributed by atoms with Crippen molar-refractivity contribution >= 4 is 5.97 Å². The molecule has 0 aliphatic rings. The lowest BCUT2D eigenvalue weighted by atomic mass is 10.1. The Morgan fingerprint density at radius 3 is 2.80 bits per heavy atom. The van der Waals surface area contributed by atoms with Crippen LogP contribution >= 0.6 is 0 Å². The molecule has 20 heavy (non-hydrogen) atoms. The van der Waals surface area contributed by atoms with E-state index in [2.05, 4.69) is 9.97 Å². The molecule has 5 heteroatoms. The molecule has 1 heterocycles. The molecule has 0 aliphatic carbocycles. The molecular formula is C15H18N2O3. The van der Waals surface area contributed by atoms with Gasteiger partial charge in [-0.15, -0.1) is 0 Å². The number of carboxylic acid groups (broad SMARTS) is 1. The van der Waals surface area contributed by atoms with Gasteiger partial charge in [0.25, 0.3) is 0 Å². The molecule has 0 saturated carbocycles. The second-order valence-electron chi connectivity index (χ2n) is 4.81. The van der Waals surface area contributed by atoms with Crippen molar-refractivity contribution in [2.45, 2.75) is 33.8 Å². The fourth-order valence-electron chi connectivity index (χ4n) is 1.97. The van der Waals surface area contributed by atoms with Crippen LogP contribution < -0.4 is 4.74 Å². The maximum atomic E-state index is 10.7. The molecule has 1 aromatic heterocycles. The van der Waals surface area contributed by atoms with Crippen molar-refractivity contribution in [2.24, 2.45) is 0 Å². The summed E-state index contributed by atoms with van der Waals surface area (Å²) in [5.74, 6) is 0.570. The molecule has 0 fully saturated rings. The summed E-state index contributed by atoms with van der Waals surface area (Å²) in [5, 5.41) is 8.79. The van der Waals surface area contributed by atoms with Gasteiger partial charge in [-0.2, -0.15) is 0 Å². The Morgan fingerprint density at radius 2 is 2.10 bits per heavy atom. The van der Waals surface area contributed by atoms with Crippen LogP contribution in [0.25, 0.3) is 0 Å². The fraction of sp³-hybridized carbons (Fsp3) is 0.333. The number of aromatic nitrogens is 2. The molecule has 2 N–H and O–H groups in total. The Labute approximate surface area is 117 Å². The van der Waals surface area contributed by atoms with E-state index in [0.717, 1.165) is 17.0 Å². The smallest absolute Gasteiger partial charge is 0.309 e. The molecule has 0 amide bonds. The second-order valence-corrected chi connectivity index (χ2v) is 4.81. The number of carbonyl (C=O) groups is 1. The van der Waals surface area contributed by atoms with Gasteiger partial charge >= 0.3 is 5.97 Å². The number of ether oxygens (including phenoxy) is 1. The van der Waals surface area contributed by atoms with E-state index < -0.39 is 5.97 Å². The van der Waals surface area contributed by atoms with Gasteiger partial charge in [0.15, 0.2) is 0 Å². The third-order valence-corrected chi connectivity index (χ3v) is 3.27. The van der Waals surface area contributed by atoms with Gasteiger partial charge in [-0.1, -0.05) is 12.1 Å². The quantitative estimate of drug-likeness (QED) is 0.878. The molecule has 2 rings (SSSR count). The summed E-state index contributed by atoms with van der Waals surface area (Å²) >= 11 is 0. The number of aryl methyl sites for hydroxylation is 2. The minimum absolute atomic E-state index is 0.0776. The van der Waals surface area contributed by atoms with E-state index in [4.69, 9.17) is 9.84 Å². The first kappa shape index (κ1) is 14.1. The maximum Gasteiger partial charge on any atom is 0.309 e. The maximum absolute atomic E-state index is 10.7. The van der Waals surface area contributed by atoms with Crippen molar-refractivity contribution in [3.05, 3.63) is 46.5 Å². The first-order valence-corrected chi connectivity index (χ1v) is 6.42. The van der Waals surface area contributed by atoms with E-state index >= 15 is 0 Å². The number of benzene rings is 1. The van der Waals surface area contributed by atoms with Gasteiger partial charge in [-0.25, -0.2) is 4.98 Å². The predicted molar refractivity (Wildman–Crippen MR) is 74.9 cm³/mol. The Morgan fingerprint density at radius 1 is 1.35 bits per heavy atom. The zero-order valence-corrected chi connectivity index (χ0v) is 11.9. The molecule has 2 aromatic rings. The summed E-state index contributed by atoms with van der Waals surface area (Å²) in [5.41, 5.74) is 3.59. The summed E-state index contributed by atoms with van der Waals surface area (Å²) in [6.45, 7) is 6.15. The zero-order valence-electron chi connectivity index (χ0n) is 11.9. The lowest BCUT2D eigenvalue weighted by molar-refractivity contribution is -0.136. The number of hydrogen-bond donors (Lipinski definition) is 2. The van der Waals surface area contributed by atoms with Crippen molar-refractivity contribution in [3.8, 4) is 5.75 Å². The molecule has 0 unspecified atom stereocenters. The summed E-state index contributed by atoms with van der Waals surface area (Å²) < 4.78 is 5.74. The summed E-state index contributed by atoms with van der Waals surface area (Å²) in [6.07, 6.45) is -0.0776. The third kappa shape index (κ3) is 3.17. The fourth-order valence-corrected chi connectivity index (χ4v) is 1.97. The van der Waals surface area contributed by atoms with E-state index in [1.807, 2.05) is 39.0 Å². The molecule has 0 radical (unpaired) electrons. The minimum Gasteiger partial charge on any atom is -0.485 e. The largest absolute Gasteiger partial charge is 0.485 e. The number of carboxylic acids is 1. The Bertz CT molecular complexity index is 632. The number of H-pyrrole nitrogens is 1. The highest BCUT2D eigenvalue weighted by atomic mass is 16.5. The normalized spacial score (nSPS) is 10.6. The first-order chi connectivity index (χ1) is 9.47. The highest BCUT2D eigenvalue weighted by Crippen LogP contribution is 2.21. The number of imidazole rings is 1. The Balaban J connectivity index is 2.07. The summed E-state index contributed by atoms with van der Waals surface area (Å²) in [4.78, 5) is 18.0. The van der Waals surface area contributed by atoms with Crippen molar-refractivity contribution in [1.29, 1.82) is 0 Å². The summed E-state index contributed by atoms with van der Waals surface area (Å²) in [7, 11) is 0. The lowest BCUT2D eigenvalue weighted by Crippen LogP contribution is -2.02. The van der Waals surface area contributed by atoms with Crippen molar-refractivity contribution in [2.75, 3.05) is 0 Å². The second kappa shape index (κ2) is 5.77. The van der Waals surface area contributed by atoms with Crippen LogP contribution in [0.1, 0.15) is 28.3 Å². The van der Waals surface area contributed by atoms with Gasteiger partial charge < -0.3 is 14.8 Å². The Hall–Kier alpha value is -2.30. The van der Waals surface area contributed by atoms with Gasteiger partial charge in [0, 0.05) is 5.69 Å². The monoisotopic (exact) mass is 274 g/mol. The van der Waals surface area contributed by atoms with Crippen LogP contribution in [-0.4, -0.2) is 21.0 Å². The van der Waals surface area contributed by atoms with Crippen LogP contribution in [0.4, 0.5) is 0 Å². The van der Waals surface area contributed by atoms with Gasteiger partial charge in [-0.05, 0) is 38.0 Å². The van der Waals surface area contributed by atoms with Crippen molar-refractivity contribution in [1.82, 2.24) is 9.97 Å². The van der Waals surface area contributed by atoms with Gasteiger partial charge in [0.2, 0.25) is 0 Å². The molecule has 106 valence electrons. The molecule has 0 aliphatic heterocycles. The summed E-state index contributed by atoms with van der Waals surface area (Å²) in [6, 6.07) is 5.89. The van der Waals surface area contributed by atoms with Crippen LogP contribution in [0.3, 0.4) is 0 Å². The molecule has 5 nitrogen and oxygen atoms in total. The third-order valence-electron chi connectivity index (χ3n) is 3.27. The molecule has 0 saturated heterocycles. The van der Waals surface area contributed by atoms with Crippen LogP contribution in [-0.2, 0) is 17.8 Å². The number of aromatic amines is 1. The number of aliphatic carboxylic acids is 1. The molecule has 0 spiro atoms. The molecular weight excluding hydrogens is 256 g/mol. The molecule has 0 atom stereocenters. The number of nitrogens with zero attached hydrogens (tertiary/aromatic N) is 1.